The zero-order valence-electron chi connectivity index (χ0n) is 9.76. The maximum Gasteiger partial charge on any atom is 0.410 e. The molecule has 2 heterocycles. The summed E-state index contributed by atoms with van der Waals surface area (Å²) in [7, 11) is 0. The first kappa shape index (κ1) is 10.6. The number of amides is 1. The van der Waals surface area contributed by atoms with Gasteiger partial charge in [-0.1, -0.05) is 30.3 Å². The average Bonchev–Trinajstić information content (AvgIpc) is 2.86. The molecule has 2 fully saturated rings. The molecule has 2 aliphatic heterocycles. The van der Waals surface area contributed by atoms with Crippen LogP contribution in [0.4, 0.5) is 4.79 Å². The van der Waals surface area contributed by atoms with Crippen LogP contribution >= 0.6 is 0 Å². The van der Waals surface area contributed by atoms with Crippen molar-refractivity contribution in [1.29, 1.82) is 0 Å². The Kier molecular flexibility index (Phi) is 2.33. The van der Waals surface area contributed by atoms with Gasteiger partial charge in [0.2, 0.25) is 0 Å². The molecule has 1 amide bonds. The molecular weight excluding hydrogens is 218 g/mol. The van der Waals surface area contributed by atoms with Crippen LogP contribution in [0.1, 0.15) is 12.5 Å². The van der Waals surface area contributed by atoms with E-state index in [1.807, 2.05) is 37.3 Å². The Morgan fingerprint density at radius 1 is 1.53 bits per heavy atom. The van der Waals surface area contributed by atoms with E-state index in [-0.39, 0.29) is 17.8 Å². The van der Waals surface area contributed by atoms with E-state index < -0.39 is 0 Å². The van der Waals surface area contributed by atoms with Crippen LogP contribution in [0.3, 0.4) is 0 Å². The summed E-state index contributed by atoms with van der Waals surface area (Å²) in [6, 6.07) is 9.70. The van der Waals surface area contributed by atoms with Crippen molar-refractivity contribution in [3.8, 4) is 0 Å². The SMILES string of the molecule is CC12CN(C(=O)OCc3ccccc3)CC1O2. The van der Waals surface area contributed by atoms with Crippen LogP contribution < -0.4 is 0 Å². The standard InChI is InChI=1S/C13H15NO3/c1-13-9-14(7-11(13)17-13)12(15)16-8-10-5-3-2-4-6-10/h2-6,11H,7-9H2,1H3. The van der Waals surface area contributed by atoms with E-state index in [0.29, 0.717) is 19.7 Å². The number of hydrogen-bond donors (Lipinski definition) is 0. The van der Waals surface area contributed by atoms with Gasteiger partial charge in [-0.05, 0) is 12.5 Å². The Morgan fingerprint density at radius 2 is 2.29 bits per heavy atom. The van der Waals surface area contributed by atoms with Gasteiger partial charge in [-0.2, -0.15) is 0 Å². The molecule has 0 radical (unpaired) electrons. The molecule has 0 aliphatic carbocycles. The normalized spacial score (nSPS) is 29.9. The van der Waals surface area contributed by atoms with Gasteiger partial charge in [0.05, 0.1) is 13.1 Å². The molecule has 1 aromatic rings. The summed E-state index contributed by atoms with van der Waals surface area (Å²) in [5.41, 5.74) is 0.902. The molecule has 2 saturated heterocycles. The highest BCUT2D eigenvalue weighted by Crippen LogP contribution is 2.42. The molecule has 17 heavy (non-hydrogen) atoms. The molecule has 90 valence electrons. The van der Waals surface area contributed by atoms with E-state index in [0.717, 1.165) is 5.56 Å². The number of hydrogen-bond acceptors (Lipinski definition) is 3. The lowest BCUT2D eigenvalue weighted by Crippen LogP contribution is -2.33. The molecule has 0 spiro atoms. The zero-order valence-corrected chi connectivity index (χ0v) is 9.76. The van der Waals surface area contributed by atoms with E-state index in [4.69, 9.17) is 9.47 Å². The first-order valence-corrected chi connectivity index (χ1v) is 5.81. The number of epoxide rings is 1. The van der Waals surface area contributed by atoms with Gasteiger partial charge in [-0.25, -0.2) is 4.79 Å². The van der Waals surface area contributed by atoms with Gasteiger partial charge < -0.3 is 14.4 Å². The van der Waals surface area contributed by atoms with Gasteiger partial charge in [0.1, 0.15) is 18.3 Å². The van der Waals surface area contributed by atoms with Crippen LogP contribution in [0.25, 0.3) is 0 Å². The van der Waals surface area contributed by atoms with Crippen molar-refractivity contribution < 1.29 is 14.3 Å². The van der Waals surface area contributed by atoms with Crippen molar-refractivity contribution in [2.24, 2.45) is 0 Å². The van der Waals surface area contributed by atoms with Gasteiger partial charge in [0, 0.05) is 0 Å². The number of ether oxygens (including phenoxy) is 2. The molecule has 1 aromatic carbocycles. The predicted molar refractivity (Wildman–Crippen MR) is 61.5 cm³/mol. The molecule has 4 nitrogen and oxygen atoms in total. The lowest BCUT2D eigenvalue weighted by atomic mass is 10.2. The number of carbonyl (C=O) groups is 1. The maximum absolute atomic E-state index is 11.8. The van der Waals surface area contributed by atoms with E-state index >= 15 is 0 Å². The number of nitrogens with zero attached hydrogens (tertiary/aromatic N) is 1. The molecule has 0 aromatic heterocycles. The molecule has 2 aliphatic rings. The van der Waals surface area contributed by atoms with Crippen LogP contribution in [-0.2, 0) is 16.1 Å². The Morgan fingerprint density at radius 3 is 2.94 bits per heavy atom. The van der Waals surface area contributed by atoms with Crippen molar-refractivity contribution in [2.45, 2.75) is 25.2 Å². The van der Waals surface area contributed by atoms with Crippen LogP contribution in [-0.4, -0.2) is 35.8 Å². The highest BCUT2D eigenvalue weighted by molar-refractivity contribution is 5.68. The summed E-state index contributed by atoms with van der Waals surface area (Å²) in [5, 5.41) is 0. The number of morpholine rings is 1. The lowest BCUT2D eigenvalue weighted by molar-refractivity contribution is 0.0839. The van der Waals surface area contributed by atoms with Crippen molar-refractivity contribution >= 4 is 6.09 Å². The number of likely N-dealkylation sites (tertiary alicyclic amines) is 1. The van der Waals surface area contributed by atoms with Crippen molar-refractivity contribution in [1.82, 2.24) is 4.90 Å². The molecule has 0 N–H and O–H groups in total. The summed E-state index contributed by atoms with van der Waals surface area (Å²) in [6.07, 6.45) is -0.0300. The summed E-state index contributed by atoms with van der Waals surface area (Å²) < 4.78 is 10.7. The molecule has 2 atom stereocenters. The fourth-order valence-electron chi connectivity index (χ4n) is 2.25. The van der Waals surface area contributed by atoms with E-state index in [2.05, 4.69) is 0 Å². The van der Waals surface area contributed by atoms with E-state index in [1.54, 1.807) is 4.90 Å². The molecule has 0 bridgehead atoms. The fourth-order valence-corrected chi connectivity index (χ4v) is 2.25. The predicted octanol–water partition coefficient (Wildman–Crippen LogP) is 1.80. The smallest absolute Gasteiger partial charge is 0.410 e. The first-order valence-electron chi connectivity index (χ1n) is 5.81. The van der Waals surface area contributed by atoms with Crippen LogP contribution in [0, 0.1) is 0 Å². The quantitative estimate of drug-likeness (QED) is 0.731. The lowest BCUT2D eigenvalue weighted by Gasteiger charge is -2.18. The second-order valence-electron chi connectivity index (χ2n) is 4.84. The minimum atomic E-state index is -0.245. The van der Waals surface area contributed by atoms with Gasteiger partial charge in [0.15, 0.2) is 0 Å². The third kappa shape index (κ3) is 2.00. The Balaban J connectivity index is 1.51. The van der Waals surface area contributed by atoms with Gasteiger partial charge in [-0.15, -0.1) is 0 Å². The van der Waals surface area contributed by atoms with Crippen LogP contribution in [0.2, 0.25) is 0 Å². The van der Waals surface area contributed by atoms with Crippen molar-refractivity contribution in [3.63, 3.8) is 0 Å². The molecule has 2 unspecified atom stereocenters. The second kappa shape index (κ2) is 3.74. The van der Waals surface area contributed by atoms with Crippen LogP contribution in [0.5, 0.6) is 0 Å². The minimum absolute atomic E-state index is 0.105. The average molecular weight is 233 g/mol. The van der Waals surface area contributed by atoms with E-state index in [9.17, 15) is 4.79 Å². The second-order valence-corrected chi connectivity index (χ2v) is 4.84. The van der Waals surface area contributed by atoms with E-state index in [1.165, 1.54) is 0 Å². The number of benzene rings is 1. The zero-order chi connectivity index (χ0) is 11.9. The minimum Gasteiger partial charge on any atom is -0.445 e. The van der Waals surface area contributed by atoms with Crippen molar-refractivity contribution in [3.05, 3.63) is 35.9 Å². The Labute approximate surface area is 100 Å². The molecule has 3 rings (SSSR count). The third-order valence-electron chi connectivity index (χ3n) is 3.39. The monoisotopic (exact) mass is 233 g/mol. The highest BCUT2D eigenvalue weighted by Gasteiger charge is 2.60. The number of carbonyl (C=O) groups excluding carboxylic acids is 1. The Bertz CT molecular complexity index is 434. The van der Waals surface area contributed by atoms with Gasteiger partial charge in [-0.3, -0.25) is 0 Å². The third-order valence-corrected chi connectivity index (χ3v) is 3.39. The largest absolute Gasteiger partial charge is 0.445 e. The van der Waals surface area contributed by atoms with Crippen LogP contribution in [0.15, 0.2) is 30.3 Å². The molecule has 4 heteroatoms. The summed E-state index contributed by atoms with van der Waals surface area (Å²) >= 11 is 0. The summed E-state index contributed by atoms with van der Waals surface area (Å²) in [6.45, 7) is 3.66. The Hall–Kier alpha value is -1.55. The number of rotatable bonds is 2. The van der Waals surface area contributed by atoms with Gasteiger partial charge >= 0.3 is 6.09 Å². The fraction of sp³-hybridized carbons (Fsp3) is 0.462. The topological polar surface area (TPSA) is 42.1 Å². The number of fused-ring (bicyclic) bond motifs is 1. The highest BCUT2D eigenvalue weighted by atomic mass is 16.6. The molecular formula is C13H15NO3. The maximum atomic E-state index is 11.8. The summed E-state index contributed by atoms with van der Waals surface area (Å²) in [5.74, 6) is 0. The molecule has 0 saturated carbocycles. The summed E-state index contributed by atoms with van der Waals surface area (Å²) in [4.78, 5) is 13.5. The van der Waals surface area contributed by atoms with Gasteiger partial charge in [0.25, 0.3) is 0 Å². The van der Waals surface area contributed by atoms with Crippen molar-refractivity contribution in [2.75, 3.05) is 13.1 Å². The first-order chi connectivity index (χ1) is 8.17.